The largest absolute Gasteiger partial charge is 0.362 e. The van der Waals surface area contributed by atoms with Crippen molar-refractivity contribution in [1.29, 1.82) is 0 Å². The van der Waals surface area contributed by atoms with Crippen LogP contribution in [0.1, 0.15) is 37.6 Å². The van der Waals surface area contributed by atoms with E-state index in [4.69, 9.17) is 4.99 Å². The van der Waals surface area contributed by atoms with Crippen LogP contribution in [-0.2, 0) is 13.0 Å². The van der Waals surface area contributed by atoms with Crippen molar-refractivity contribution in [2.45, 2.75) is 46.2 Å². The fourth-order valence-corrected chi connectivity index (χ4v) is 3.97. The van der Waals surface area contributed by atoms with Gasteiger partial charge in [0.25, 0.3) is 0 Å². The van der Waals surface area contributed by atoms with E-state index in [1.165, 1.54) is 22.6 Å². The molecule has 1 aromatic heterocycles. The molecule has 0 aromatic carbocycles. The minimum atomic E-state index is 0.596. The van der Waals surface area contributed by atoms with Gasteiger partial charge in [0.1, 0.15) is 0 Å². The maximum Gasteiger partial charge on any atom is 0.157 e. The van der Waals surface area contributed by atoms with Gasteiger partial charge in [-0.05, 0) is 35.8 Å². The molecule has 0 bridgehead atoms. The molecule has 18 heavy (non-hydrogen) atoms. The van der Waals surface area contributed by atoms with E-state index in [1.54, 1.807) is 0 Å². The second-order valence-corrected chi connectivity index (χ2v) is 7.06. The van der Waals surface area contributed by atoms with Crippen molar-refractivity contribution < 1.29 is 0 Å². The maximum absolute atomic E-state index is 4.75. The highest BCUT2D eigenvalue weighted by atomic mass is 32.2. The van der Waals surface area contributed by atoms with Crippen molar-refractivity contribution in [2.75, 3.05) is 5.75 Å². The third-order valence-electron chi connectivity index (χ3n) is 3.37. The van der Waals surface area contributed by atoms with Gasteiger partial charge in [0, 0.05) is 16.7 Å². The van der Waals surface area contributed by atoms with Gasteiger partial charge in [0.05, 0.1) is 6.54 Å². The van der Waals surface area contributed by atoms with Gasteiger partial charge in [-0.25, -0.2) is 0 Å². The molecule has 0 aliphatic carbocycles. The zero-order chi connectivity index (χ0) is 13.0. The predicted molar refractivity (Wildman–Crippen MR) is 83.7 cm³/mol. The van der Waals surface area contributed by atoms with Gasteiger partial charge in [0.2, 0.25) is 0 Å². The zero-order valence-corrected chi connectivity index (χ0v) is 13.0. The van der Waals surface area contributed by atoms with Crippen LogP contribution < -0.4 is 5.32 Å². The number of aryl methyl sites for hydroxylation is 1. The molecule has 1 saturated heterocycles. The summed E-state index contributed by atoms with van der Waals surface area (Å²) < 4.78 is 0. The summed E-state index contributed by atoms with van der Waals surface area (Å²) in [6.45, 7) is 7.60. The lowest BCUT2D eigenvalue weighted by molar-refractivity contribution is 0.442. The number of rotatable bonds is 4. The average Bonchev–Trinajstić information content (AvgIpc) is 2.84. The number of thioether (sulfide) groups is 1. The normalized spacial score (nSPS) is 22.4. The van der Waals surface area contributed by atoms with E-state index in [9.17, 15) is 0 Å². The number of nitrogens with one attached hydrogen (secondary N) is 1. The van der Waals surface area contributed by atoms with E-state index < -0.39 is 0 Å². The van der Waals surface area contributed by atoms with Gasteiger partial charge in [0.15, 0.2) is 5.17 Å². The monoisotopic (exact) mass is 282 g/mol. The van der Waals surface area contributed by atoms with E-state index >= 15 is 0 Å². The molecule has 0 saturated carbocycles. The van der Waals surface area contributed by atoms with Crippen molar-refractivity contribution in [3.05, 3.63) is 21.9 Å². The van der Waals surface area contributed by atoms with E-state index in [0.29, 0.717) is 12.0 Å². The molecule has 1 unspecified atom stereocenters. The summed E-state index contributed by atoms with van der Waals surface area (Å²) in [6.07, 6.45) is 2.36. The smallest absolute Gasteiger partial charge is 0.157 e. The highest BCUT2D eigenvalue weighted by Gasteiger charge is 2.20. The lowest BCUT2D eigenvalue weighted by atomic mass is 10.0. The number of amidine groups is 1. The molecule has 1 N–H and O–H groups in total. The fraction of sp³-hybridized carbons (Fsp3) is 0.643. The average molecular weight is 282 g/mol. The van der Waals surface area contributed by atoms with Crippen LogP contribution >= 0.6 is 23.1 Å². The minimum absolute atomic E-state index is 0.596. The Kier molecular flexibility index (Phi) is 5.13. The maximum atomic E-state index is 4.75. The Balaban J connectivity index is 1.97. The van der Waals surface area contributed by atoms with Crippen LogP contribution in [-0.4, -0.2) is 17.0 Å². The zero-order valence-electron chi connectivity index (χ0n) is 11.4. The molecule has 0 radical (unpaired) electrons. The van der Waals surface area contributed by atoms with Crippen molar-refractivity contribution in [1.82, 2.24) is 5.32 Å². The molecule has 1 aromatic rings. The van der Waals surface area contributed by atoms with Crippen LogP contribution in [0.25, 0.3) is 0 Å². The highest BCUT2D eigenvalue weighted by molar-refractivity contribution is 8.13. The Morgan fingerprint density at radius 2 is 2.33 bits per heavy atom. The molecule has 2 rings (SSSR count). The number of hydrogen-bond donors (Lipinski definition) is 1. The van der Waals surface area contributed by atoms with Crippen molar-refractivity contribution in [3.8, 4) is 0 Å². The molecule has 2 nitrogen and oxygen atoms in total. The fourth-order valence-electron chi connectivity index (χ4n) is 2.11. The summed E-state index contributed by atoms with van der Waals surface area (Å²) in [5, 5.41) is 6.88. The van der Waals surface area contributed by atoms with Gasteiger partial charge in [-0.1, -0.05) is 32.5 Å². The van der Waals surface area contributed by atoms with E-state index in [-0.39, 0.29) is 0 Å². The number of aliphatic imine (C=N–C) groups is 1. The first-order valence-electron chi connectivity index (χ1n) is 6.69. The SMILES string of the molecule is CCc1ccsc1CN=C1NC(C(C)C)CCS1. The molecule has 1 atom stereocenters. The molecule has 2 heterocycles. The second kappa shape index (κ2) is 6.62. The van der Waals surface area contributed by atoms with Crippen LogP contribution in [0.4, 0.5) is 0 Å². The quantitative estimate of drug-likeness (QED) is 0.905. The van der Waals surface area contributed by atoms with Gasteiger partial charge >= 0.3 is 0 Å². The molecule has 100 valence electrons. The number of nitrogens with zero attached hydrogens (tertiary/aromatic N) is 1. The molecular formula is C14H22N2S2. The van der Waals surface area contributed by atoms with Crippen molar-refractivity contribution in [3.63, 3.8) is 0 Å². The van der Waals surface area contributed by atoms with Crippen molar-refractivity contribution in [2.24, 2.45) is 10.9 Å². The molecule has 0 spiro atoms. The number of hydrogen-bond acceptors (Lipinski definition) is 3. The Hall–Kier alpha value is -0.480. The summed E-state index contributed by atoms with van der Waals surface area (Å²) in [7, 11) is 0. The Morgan fingerprint density at radius 3 is 3.06 bits per heavy atom. The molecule has 0 amide bonds. The van der Waals surface area contributed by atoms with Crippen molar-refractivity contribution >= 4 is 28.3 Å². The topological polar surface area (TPSA) is 24.4 Å². The van der Waals surface area contributed by atoms with Crippen LogP contribution in [0.2, 0.25) is 0 Å². The minimum Gasteiger partial charge on any atom is -0.362 e. The lowest BCUT2D eigenvalue weighted by Crippen LogP contribution is -2.41. The molecule has 1 aliphatic heterocycles. The summed E-state index contributed by atoms with van der Waals surface area (Å²) in [6, 6.07) is 2.82. The van der Waals surface area contributed by atoms with Crippen LogP contribution in [0.15, 0.2) is 16.4 Å². The van der Waals surface area contributed by atoms with E-state index in [1.807, 2.05) is 23.1 Å². The third-order valence-corrected chi connectivity index (χ3v) is 5.27. The summed E-state index contributed by atoms with van der Waals surface area (Å²) in [5.41, 5.74) is 1.45. The lowest BCUT2D eigenvalue weighted by Gasteiger charge is -2.28. The Bertz CT molecular complexity index is 410. The summed E-state index contributed by atoms with van der Waals surface area (Å²) in [4.78, 5) is 6.16. The first kappa shape index (κ1) is 13.9. The predicted octanol–water partition coefficient (Wildman–Crippen LogP) is 3.92. The molecule has 4 heteroatoms. The van der Waals surface area contributed by atoms with Gasteiger partial charge in [-0.3, -0.25) is 4.99 Å². The van der Waals surface area contributed by atoms with E-state index in [2.05, 4.69) is 37.5 Å². The summed E-state index contributed by atoms with van der Waals surface area (Å²) in [5.74, 6) is 1.88. The first-order chi connectivity index (χ1) is 8.70. The van der Waals surface area contributed by atoms with Crippen LogP contribution in [0, 0.1) is 5.92 Å². The highest BCUT2D eigenvalue weighted by Crippen LogP contribution is 2.21. The molecule has 1 fully saturated rings. The third kappa shape index (κ3) is 3.51. The van der Waals surface area contributed by atoms with Gasteiger partial charge < -0.3 is 5.32 Å². The Morgan fingerprint density at radius 1 is 1.50 bits per heavy atom. The molecule has 1 aliphatic rings. The van der Waals surface area contributed by atoms with Gasteiger partial charge in [-0.2, -0.15) is 0 Å². The Labute approximate surface area is 118 Å². The standard InChI is InChI=1S/C14H22N2S2/c1-4-11-5-7-17-13(11)9-15-14-16-12(10(2)3)6-8-18-14/h5,7,10,12H,4,6,8-9H2,1-3H3,(H,15,16). The first-order valence-corrected chi connectivity index (χ1v) is 8.56. The van der Waals surface area contributed by atoms with Crippen LogP contribution in [0.5, 0.6) is 0 Å². The summed E-state index contributed by atoms with van der Waals surface area (Å²) >= 11 is 3.69. The van der Waals surface area contributed by atoms with Gasteiger partial charge in [-0.15, -0.1) is 11.3 Å². The molecular weight excluding hydrogens is 260 g/mol. The second-order valence-electron chi connectivity index (χ2n) is 4.98. The van der Waals surface area contributed by atoms with Crippen LogP contribution in [0.3, 0.4) is 0 Å². The van der Waals surface area contributed by atoms with E-state index in [0.717, 1.165) is 18.1 Å². The number of thiophene rings is 1.